The molecule has 0 aromatic carbocycles. The summed E-state index contributed by atoms with van der Waals surface area (Å²) in [6, 6.07) is -0.230. The SMILES string of the molecule is CC1CCC(N)C(C(=O)N2CCOCC2CO)C1. The highest BCUT2D eigenvalue weighted by atomic mass is 16.5. The van der Waals surface area contributed by atoms with Crippen molar-refractivity contribution in [2.45, 2.75) is 38.3 Å². The van der Waals surface area contributed by atoms with Gasteiger partial charge >= 0.3 is 0 Å². The molecule has 1 saturated heterocycles. The van der Waals surface area contributed by atoms with Crippen molar-refractivity contribution >= 4 is 5.91 Å². The lowest BCUT2D eigenvalue weighted by Gasteiger charge is -2.40. The largest absolute Gasteiger partial charge is 0.394 e. The van der Waals surface area contributed by atoms with E-state index in [2.05, 4.69) is 6.92 Å². The lowest BCUT2D eigenvalue weighted by Crippen LogP contribution is -2.55. The summed E-state index contributed by atoms with van der Waals surface area (Å²) in [7, 11) is 0. The van der Waals surface area contributed by atoms with Gasteiger partial charge in [-0.2, -0.15) is 0 Å². The van der Waals surface area contributed by atoms with Crippen molar-refractivity contribution < 1.29 is 14.6 Å². The molecule has 2 aliphatic rings. The first kappa shape index (κ1) is 13.8. The van der Waals surface area contributed by atoms with E-state index >= 15 is 0 Å². The number of carbonyl (C=O) groups is 1. The number of carbonyl (C=O) groups excluding carboxylic acids is 1. The Balaban J connectivity index is 2.04. The molecule has 2 rings (SSSR count). The van der Waals surface area contributed by atoms with E-state index in [1.807, 2.05) is 0 Å². The minimum atomic E-state index is -0.198. The van der Waals surface area contributed by atoms with Crippen molar-refractivity contribution in [3.05, 3.63) is 0 Å². The standard InChI is InChI=1S/C13H24N2O3/c1-9-2-3-12(14)11(6-9)13(17)15-4-5-18-8-10(15)7-16/h9-12,16H,2-8,14H2,1H3. The summed E-state index contributed by atoms with van der Waals surface area (Å²) in [6.07, 6.45) is 2.90. The summed E-state index contributed by atoms with van der Waals surface area (Å²) in [4.78, 5) is 14.3. The first-order valence-corrected chi connectivity index (χ1v) is 6.88. The van der Waals surface area contributed by atoms with Crippen LogP contribution in [-0.2, 0) is 9.53 Å². The van der Waals surface area contributed by atoms with Crippen LogP contribution in [0.5, 0.6) is 0 Å². The fraction of sp³-hybridized carbons (Fsp3) is 0.923. The Hall–Kier alpha value is -0.650. The minimum Gasteiger partial charge on any atom is -0.394 e. The van der Waals surface area contributed by atoms with Crippen LogP contribution in [0.4, 0.5) is 0 Å². The normalized spacial score (nSPS) is 37.6. The number of aliphatic hydroxyl groups is 1. The monoisotopic (exact) mass is 256 g/mol. The summed E-state index contributed by atoms with van der Waals surface area (Å²) >= 11 is 0. The first-order chi connectivity index (χ1) is 8.63. The van der Waals surface area contributed by atoms with Crippen LogP contribution in [0, 0.1) is 11.8 Å². The maximum absolute atomic E-state index is 12.6. The number of hydrogen-bond acceptors (Lipinski definition) is 4. The van der Waals surface area contributed by atoms with Crippen molar-refractivity contribution in [1.82, 2.24) is 4.90 Å². The molecule has 1 aliphatic heterocycles. The van der Waals surface area contributed by atoms with Gasteiger partial charge in [-0.05, 0) is 25.2 Å². The number of rotatable bonds is 2. The van der Waals surface area contributed by atoms with Gasteiger partial charge in [-0.3, -0.25) is 4.79 Å². The zero-order chi connectivity index (χ0) is 13.1. The molecule has 18 heavy (non-hydrogen) atoms. The third-order valence-corrected chi connectivity index (χ3v) is 4.20. The van der Waals surface area contributed by atoms with Crippen LogP contribution in [0.1, 0.15) is 26.2 Å². The van der Waals surface area contributed by atoms with E-state index in [0.29, 0.717) is 25.7 Å². The molecule has 5 heteroatoms. The molecule has 1 saturated carbocycles. The van der Waals surface area contributed by atoms with Crippen LogP contribution < -0.4 is 5.73 Å². The molecule has 0 spiro atoms. The van der Waals surface area contributed by atoms with Crippen molar-refractivity contribution in [2.24, 2.45) is 17.6 Å². The molecular weight excluding hydrogens is 232 g/mol. The molecule has 0 aromatic rings. The van der Waals surface area contributed by atoms with Gasteiger partial charge in [0.25, 0.3) is 0 Å². The van der Waals surface area contributed by atoms with Gasteiger partial charge in [-0.15, -0.1) is 0 Å². The van der Waals surface area contributed by atoms with Gasteiger partial charge in [0.1, 0.15) is 0 Å². The number of morpholine rings is 1. The van der Waals surface area contributed by atoms with Crippen molar-refractivity contribution in [3.8, 4) is 0 Å². The lowest BCUT2D eigenvalue weighted by atomic mass is 9.78. The van der Waals surface area contributed by atoms with Gasteiger partial charge in [-0.1, -0.05) is 6.92 Å². The molecule has 4 unspecified atom stereocenters. The molecule has 1 amide bonds. The van der Waals surface area contributed by atoms with E-state index < -0.39 is 0 Å². The molecule has 0 bridgehead atoms. The lowest BCUT2D eigenvalue weighted by molar-refractivity contribution is -0.148. The Morgan fingerprint density at radius 1 is 1.50 bits per heavy atom. The number of aliphatic hydroxyl groups excluding tert-OH is 1. The molecule has 2 fully saturated rings. The highest BCUT2D eigenvalue weighted by Gasteiger charge is 2.37. The second-order valence-electron chi connectivity index (χ2n) is 5.63. The van der Waals surface area contributed by atoms with Crippen LogP contribution in [0.15, 0.2) is 0 Å². The van der Waals surface area contributed by atoms with Crippen molar-refractivity contribution in [3.63, 3.8) is 0 Å². The van der Waals surface area contributed by atoms with Gasteiger partial charge in [0.2, 0.25) is 5.91 Å². The summed E-state index contributed by atoms with van der Waals surface area (Å²) in [6.45, 7) is 3.69. The number of amides is 1. The van der Waals surface area contributed by atoms with Crippen molar-refractivity contribution in [1.29, 1.82) is 0 Å². The Labute approximate surface area is 108 Å². The maximum Gasteiger partial charge on any atom is 0.227 e. The van der Waals surface area contributed by atoms with Gasteiger partial charge in [-0.25, -0.2) is 0 Å². The van der Waals surface area contributed by atoms with Gasteiger partial charge in [0, 0.05) is 12.6 Å². The highest BCUT2D eigenvalue weighted by Crippen LogP contribution is 2.30. The average Bonchev–Trinajstić information content (AvgIpc) is 2.40. The van der Waals surface area contributed by atoms with Crippen LogP contribution in [-0.4, -0.2) is 54.4 Å². The summed E-state index contributed by atoms with van der Waals surface area (Å²) in [5, 5.41) is 9.32. The predicted molar refractivity (Wildman–Crippen MR) is 67.9 cm³/mol. The Morgan fingerprint density at radius 3 is 3.00 bits per heavy atom. The Kier molecular flexibility index (Phi) is 4.59. The zero-order valence-electron chi connectivity index (χ0n) is 11.0. The van der Waals surface area contributed by atoms with Crippen LogP contribution in [0.25, 0.3) is 0 Å². The molecule has 1 heterocycles. The van der Waals surface area contributed by atoms with Gasteiger partial charge < -0.3 is 20.5 Å². The topological polar surface area (TPSA) is 75.8 Å². The average molecular weight is 256 g/mol. The van der Waals surface area contributed by atoms with E-state index in [0.717, 1.165) is 19.3 Å². The Morgan fingerprint density at radius 2 is 2.28 bits per heavy atom. The Bertz CT molecular complexity index is 294. The van der Waals surface area contributed by atoms with E-state index in [1.165, 1.54) is 0 Å². The smallest absolute Gasteiger partial charge is 0.227 e. The second-order valence-corrected chi connectivity index (χ2v) is 5.63. The molecule has 5 nitrogen and oxygen atoms in total. The number of nitrogens with two attached hydrogens (primary N) is 1. The predicted octanol–water partition coefficient (Wildman–Crippen LogP) is -0.0304. The second kappa shape index (κ2) is 5.99. The zero-order valence-corrected chi connectivity index (χ0v) is 11.0. The molecule has 1 aliphatic carbocycles. The molecule has 104 valence electrons. The van der Waals surface area contributed by atoms with Crippen LogP contribution in [0.2, 0.25) is 0 Å². The highest BCUT2D eigenvalue weighted by molar-refractivity contribution is 5.80. The van der Waals surface area contributed by atoms with Crippen molar-refractivity contribution in [2.75, 3.05) is 26.4 Å². The van der Waals surface area contributed by atoms with E-state index in [-0.39, 0.29) is 30.5 Å². The molecule has 3 N–H and O–H groups in total. The summed E-state index contributed by atoms with van der Waals surface area (Å²) in [5.41, 5.74) is 6.09. The summed E-state index contributed by atoms with van der Waals surface area (Å²) in [5.74, 6) is 0.588. The van der Waals surface area contributed by atoms with Gasteiger partial charge in [0.15, 0.2) is 0 Å². The fourth-order valence-electron chi connectivity index (χ4n) is 3.00. The minimum absolute atomic E-state index is 0.0316. The van der Waals surface area contributed by atoms with E-state index in [1.54, 1.807) is 4.90 Å². The van der Waals surface area contributed by atoms with E-state index in [9.17, 15) is 9.90 Å². The molecular formula is C13H24N2O3. The number of ether oxygens (including phenoxy) is 1. The number of hydrogen-bond donors (Lipinski definition) is 2. The summed E-state index contributed by atoms with van der Waals surface area (Å²) < 4.78 is 5.30. The van der Waals surface area contributed by atoms with Crippen LogP contribution >= 0.6 is 0 Å². The molecule has 4 atom stereocenters. The maximum atomic E-state index is 12.6. The fourth-order valence-corrected chi connectivity index (χ4v) is 3.00. The molecule has 0 aromatic heterocycles. The van der Waals surface area contributed by atoms with E-state index in [4.69, 9.17) is 10.5 Å². The third kappa shape index (κ3) is 2.84. The first-order valence-electron chi connectivity index (χ1n) is 6.88. The quantitative estimate of drug-likeness (QED) is 0.727. The van der Waals surface area contributed by atoms with Gasteiger partial charge in [0.05, 0.1) is 31.8 Å². The van der Waals surface area contributed by atoms with Crippen LogP contribution in [0.3, 0.4) is 0 Å². The molecule has 0 radical (unpaired) electrons. The number of nitrogens with zero attached hydrogens (tertiary/aromatic N) is 1. The third-order valence-electron chi connectivity index (χ3n) is 4.20.